The first-order chi connectivity index (χ1) is 12.8. The van der Waals surface area contributed by atoms with Crippen molar-refractivity contribution in [2.24, 2.45) is 0 Å². The number of nitrogens with zero attached hydrogens (tertiary/aromatic N) is 3. The molecule has 3 rings (SSSR count). The number of amides is 1. The highest BCUT2D eigenvalue weighted by atomic mass is 16.2. The van der Waals surface area contributed by atoms with Gasteiger partial charge in [-0.25, -0.2) is 0 Å². The van der Waals surface area contributed by atoms with Gasteiger partial charge in [0.25, 0.3) is 0 Å². The van der Waals surface area contributed by atoms with E-state index in [4.69, 9.17) is 0 Å². The summed E-state index contributed by atoms with van der Waals surface area (Å²) in [5, 5.41) is 0. The molecule has 0 bridgehead atoms. The normalized spacial score (nSPS) is 20.2. The van der Waals surface area contributed by atoms with Crippen molar-refractivity contribution < 1.29 is 4.79 Å². The van der Waals surface area contributed by atoms with E-state index >= 15 is 0 Å². The zero-order valence-corrected chi connectivity index (χ0v) is 16.4. The summed E-state index contributed by atoms with van der Waals surface area (Å²) < 4.78 is 0. The molecule has 0 N–H and O–H groups in total. The van der Waals surface area contributed by atoms with Crippen LogP contribution < -0.4 is 0 Å². The molecule has 0 spiro atoms. The molecule has 1 saturated carbocycles. The first-order valence-electron chi connectivity index (χ1n) is 10.5. The summed E-state index contributed by atoms with van der Waals surface area (Å²) in [6.07, 6.45) is 7.21. The van der Waals surface area contributed by atoms with E-state index in [0.717, 1.165) is 45.7 Å². The fourth-order valence-electron chi connectivity index (χ4n) is 4.34. The molecule has 0 aromatic heterocycles. The lowest BCUT2D eigenvalue weighted by molar-refractivity contribution is -0.135. The third-order valence-electron chi connectivity index (χ3n) is 6.09. The van der Waals surface area contributed by atoms with Crippen LogP contribution in [0.5, 0.6) is 0 Å². The number of rotatable bonds is 7. The highest BCUT2D eigenvalue weighted by molar-refractivity contribution is 5.78. The zero-order valence-electron chi connectivity index (χ0n) is 16.4. The minimum atomic E-state index is 0.345. The van der Waals surface area contributed by atoms with Gasteiger partial charge >= 0.3 is 0 Å². The standard InChI is InChI=1S/C22H35N3O/c1-2-23-15-17-24(18-16-23)19-22(26)25(21-11-7-4-8-12-21)14-13-20-9-5-3-6-10-20/h3,5-6,9-10,21H,2,4,7-8,11-19H2,1H3. The maximum atomic E-state index is 13.2. The summed E-state index contributed by atoms with van der Waals surface area (Å²) in [4.78, 5) is 20.2. The van der Waals surface area contributed by atoms with Crippen LogP contribution in [0.4, 0.5) is 0 Å². The lowest BCUT2D eigenvalue weighted by Gasteiger charge is -2.38. The smallest absolute Gasteiger partial charge is 0.237 e. The van der Waals surface area contributed by atoms with E-state index in [2.05, 4.69) is 52.0 Å². The number of hydrogen-bond donors (Lipinski definition) is 0. The Morgan fingerprint density at radius 3 is 2.31 bits per heavy atom. The molecule has 0 radical (unpaired) electrons. The van der Waals surface area contributed by atoms with Crippen LogP contribution in [0.15, 0.2) is 30.3 Å². The molecule has 1 saturated heterocycles. The lowest BCUT2D eigenvalue weighted by atomic mass is 9.93. The molecule has 2 aliphatic rings. The summed E-state index contributed by atoms with van der Waals surface area (Å²) in [6, 6.07) is 11.0. The van der Waals surface area contributed by atoms with E-state index in [0.29, 0.717) is 18.5 Å². The number of carbonyl (C=O) groups excluding carboxylic acids is 1. The number of hydrogen-bond acceptors (Lipinski definition) is 3. The Hall–Kier alpha value is -1.39. The van der Waals surface area contributed by atoms with Crippen LogP contribution >= 0.6 is 0 Å². The van der Waals surface area contributed by atoms with Gasteiger partial charge in [-0.2, -0.15) is 0 Å². The third kappa shape index (κ3) is 5.55. The van der Waals surface area contributed by atoms with E-state index in [1.165, 1.54) is 37.7 Å². The molecule has 144 valence electrons. The summed E-state index contributed by atoms with van der Waals surface area (Å²) in [5.74, 6) is 0.345. The number of piperazine rings is 1. The van der Waals surface area contributed by atoms with Crippen LogP contribution in [0, 0.1) is 0 Å². The fourth-order valence-corrected chi connectivity index (χ4v) is 4.34. The van der Waals surface area contributed by atoms with Gasteiger partial charge < -0.3 is 9.80 Å². The Labute approximate surface area is 159 Å². The molecule has 1 aliphatic heterocycles. The Morgan fingerprint density at radius 2 is 1.65 bits per heavy atom. The highest BCUT2D eigenvalue weighted by Gasteiger charge is 2.27. The number of carbonyl (C=O) groups is 1. The van der Waals surface area contributed by atoms with Gasteiger partial charge in [0.15, 0.2) is 0 Å². The second-order valence-corrected chi connectivity index (χ2v) is 7.82. The topological polar surface area (TPSA) is 26.8 Å². The third-order valence-corrected chi connectivity index (χ3v) is 6.09. The van der Waals surface area contributed by atoms with Gasteiger partial charge in [0, 0.05) is 38.8 Å². The van der Waals surface area contributed by atoms with Crippen LogP contribution in [-0.2, 0) is 11.2 Å². The van der Waals surface area contributed by atoms with Gasteiger partial charge in [-0.1, -0.05) is 56.5 Å². The van der Waals surface area contributed by atoms with E-state index in [1.807, 2.05) is 0 Å². The summed E-state index contributed by atoms with van der Waals surface area (Å²) in [7, 11) is 0. The highest BCUT2D eigenvalue weighted by Crippen LogP contribution is 2.23. The molecule has 1 amide bonds. The van der Waals surface area contributed by atoms with Crippen molar-refractivity contribution in [2.75, 3.05) is 45.8 Å². The molecule has 2 fully saturated rings. The largest absolute Gasteiger partial charge is 0.338 e. The van der Waals surface area contributed by atoms with Crippen molar-refractivity contribution in [2.45, 2.75) is 51.5 Å². The van der Waals surface area contributed by atoms with Gasteiger partial charge in [-0.3, -0.25) is 9.69 Å². The molecule has 1 aromatic rings. The molecule has 4 heteroatoms. The van der Waals surface area contributed by atoms with Crippen molar-refractivity contribution in [3.05, 3.63) is 35.9 Å². The Balaban J connectivity index is 1.57. The number of likely N-dealkylation sites (N-methyl/N-ethyl adjacent to an activating group) is 1. The molecule has 1 heterocycles. The molecule has 26 heavy (non-hydrogen) atoms. The van der Waals surface area contributed by atoms with Gasteiger partial charge in [-0.15, -0.1) is 0 Å². The van der Waals surface area contributed by atoms with E-state index in [9.17, 15) is 4.79 Å². The Morgan fingerprint density at radius 1 is 1.00 bits per heavy atom. The number of benzene rings is 1. The summed E-state index contributed by atoms with van der Waals surface area (Å²) >= 11 is 0. The van der Waals surface area contributed by atoms with Crippen molar-refractivity contribution in [1.82, 2.24) is 14.7 Å². The maximum absolute atomic E-state index is 13.2. The van der Waals surface area contributed by atoms with Crippen LogP contribution in [0.3, 0.4) is 0 Å². The van der Waals surface area contributed by atoms with Gasteiger partial charge in [-0.05, 0) is 31.4 Å². The van der Waals surface area contributed by atoms with Crippen LogP contribution in [0.2, 0.25) is 0 Å². The van der Waals surface area contributed by atoms with Crippen molar-refractivity contribution in [1.29, 1.82) is 0 Å². The van der Waals surface area contributed by atoms with E-state index in [1.54, 1.807) is 0 Å². The second kappa shape index (κ2) is 10.1. The molecule has 4 nitrogen and oxygen atoms in total. The van der Waals surface area contributed by atoms with Crippen LogP contribution in [0.1, 0.15) is 44.6 Å². The SMILES string of the molecule is CCN1CCN(CC(=O)N(CCc2ccccc2)C2CCCCC2)CC1. The van der Waals surface area contributed by atoms with E-state index in [-0.39, 0.29) is 0 Å². The molecule has 0 unspecified atom stereocenters. The minimum absolute atomic E-state index is 0.345. The molecule has 1 aromatic carbocycles. The van der Waals surface area contributed by atoms with Crippen LogP contribution in [-0.4, -0.2) is 72.5 Å². The van der Waals surface area contributed by atoms with Crippen molar-refractivity contribution in [3.63, 3.8) is 0 Å². The predicted octanol–water partition coefficient (Wildman–Crippen LogP) is 3.03. The van der Waals surface area contributed by atoms with Gasteiger partial charge in [0.05, 0.1) is 6.54 Å². The molecular weight excluding hydrogens is 322 g/mol. The summed E-state index contributed by atoms with van der Waals surface area (Å²) in [6.45, 7) is 9.04. The predicted molar refractivity (Wildman–Crippen MR) is 107 cm³/mol. The first kappa shape index (κ1) is 19.4. The Kier molecular flexibility index (Phi) is 7.51. The fraction of sp³-hybridized carbons (Fsp3) is 0.682. The minimum Gasteiger partial charge on any atom is -0.338 e. The van der Waals surface area contributed by atoms with Crippen LogP contribution in [0.25, 0.3) is 0 Å². The zero-order chi connectivity index (χ0) is 18.2. The van der Waals surface area contributed by atoms with E-state index < -0.39 is 0 Å². The first-order valence-corrected chi connectivity index (χ1v) is 10.5. The quantitative estimate of drug-likeness (QED) is 0.750. The summed E-state index contributed by atoms with van der Waals surface area (Å²) in [5.41, 5.74) is 1.33. The molecule has 0 atom stereocenters. The maximum Gasteiger partial charge on any atom is 0.237 e. The Bertz CT molecular complexity index is 534. The molecular formula is C22H35N3O. The average molecular weight is 358 g/mol. The molecule has 1 aliphatic carbocycles. The monoisotopic (exact) mass is 357 g/mol. The average Bonchev–Trinajstić information content (AvgIpc) is 2.70. The lowest BCUT2D eigenvalue weighted by Crippen LogP contribution is -2.52. The second-order valence-electron chi connectivity index (χ2n) is 7.82. The van der Waals surface area contributed by atoms with Crippen molar-refractivity contribution >= 4 is 5.91 Å². The van der Waals surface area contributed by atoms with Gasteiger partial charge in [0.1, 0.15) is 0 Å². The van der Waals surface area contributed by atoms with Gasteiger partial charge in [0.2, 0.25) is 5.91 Å². The van der Waals surface area contributed by atoms with Crippen molar-refractivity contribution in [3.8, 4) is 0 Å².